The van der Waals surface area contributed by atoms with E-state index >= 15 is 0 Å². The zero-order valence-electron chi connectivity index (χ0n) is 15.9. The van der Waals surface area contributed by atoms with Crippen LogP contribution in [0.4, 0.5) is 0 Å². The van der Waals surface area contributed by atoms with Crippen LogP contribution in [-0.4, -0.2) is 40.8 Å². The number of aromatic nitrogens is 2. The standard InChI is InChI=1S/C20H29N5/c1-14(2)19-16(13-25(5)23-19)12-24(4)20(21-3)22-18-11-17(18)15-9-7-6-8-10-15/h6-10,13-14,17-18H,11-12H2,1-5H3,(H,21,22). The first kappa shape index (κ1) is 17.5. The summed E-state index contributed by atoms with van der Waals surface area (Å²) in [5, 5.41) is 8.22. The maximum absolute atomic E-state index is 4.60. The van der Waals surface area contributed by atoms with Gasteiger partial charge in [-0.3, -0.25) is 9.67 Å². The number of aryl methyl sites for hydroxylation is 1. The molecule has 2 aromatic rings. The second kappa shape index (κ2) is 7.30. The Morgan fingerprint density at radius 2 is 2.08 bits per heavy atom. The van der Waals surface area contributed by atoms with Crippen LogP contribution in [0.5, 0.6) is 0 Å². The minimum atomic E-state index is 0.422. The van der Waals surface area contributed by atoms with E-state index in [1.165, 1.54) is 23.2 Å². The van der Waals surface area contributed by atoms with E-state index in [0.29, 0.717) is 17.9 Å². The zero-order chi connectivity index (χ0) is 18.0. The third-order valence-electron chi connectivity index (χ3n) is 4.80. The summed E-state index contributed by atoms with van der Waals surface area (Å²) < 4.78 is 1.90. The minimum absolute atomic E-state index is 0.422. The summed E-state index contributed by atoms with van der Waals surface area (Å²) in [4.78, 5) is 6.66. The van der Waals surface area contributed by atoms with Gasteiger partial charge < -0.3 is 10.2 Å². The van der Waals surface area contributed by atoms with E-state index in [0.717, 1.165) is 12.5 Å². The van der Waals surface area contributed by atoms with Crippen LogP contribution in [-0.2, 0) is 13.6 Å². The highest BCUT2D eigenvalue weighted by Gasteiger charge is 2.39. The largest absolute Gasteiger partial charge is 0.353 e. The average molecular weight is 339 g/mol. The van der Waals surface area contributed by atoms with E-state index in [2.05, 4.69) is 77.7 Å². The number of nitrogens with zero attached hydrogens (tertiary/aromatic N) is 4. The SMILES string of the molecule is CN=C(NC1CC1c1ccccc1)N(C)Cc1cn(C)nc1C(C)C. The van der Waals surface area contributed by atoms with Crippen LogP contribution in [0.3, 0.4) is 0 Å². The molecule has 1 aliphatic carbocycles. The second-order valence-corrected chi connectivity index (χ2v) is 7.27. The number of nitrogens with one attached hydrogen (secondary N) is 1. The summed E-state index contributed by atoms with van der Waals surface area (Å²) in [6.45, 7) is 5.19. The monoisotopic (exact) mass is 339 g/mol. The molecule has 0 bridgehead atoms. The molecule has 5 nitrogen and oxygen atoms in total. The Kier molecular flexibility index (Phi) is 5.11. The molecule has 5 heteroatoms. The normalized spacial score (nSPS) is 20.0. The minimum Gasteiger partial charge on any atom is -0.353 e. The Hall–Kier alpha value is -2.30. The molecule has 2 atom stereocenters. The predicted octanol–water partition coefficient (Wildman–Crippen LogP) is 3.11. The van der Waals surface area contributed by atoms with Gasteiger partial charge in [-0.05, 0) is 17.9 Å². The molecule has 1 aromatic carbocycles. The summed E-state index contributed by atoms with van der Waals surface area (Å²) in [6.07, 6.45) is 3.28. The molecule has 1 fully saturated rings. The number of benzene rings is 1. The molecule has 134 valence electrons. The van der Waals surface area contributed by atoms with Gasteiger partial charge >= 0.3 is 0 Å². The van der Waals surface area contributed by atoms with Gasteiger partial charge in [0.25, 0.3) is 0 Å². The van der Waals surface area contributed by atoms with E-state index in [9.17, 15) is 0 Å². The van der Waals surface area contributed by atoms with Crippen molar-refractivity contribution in [2.24, 2.45) is 12.0 Å². The molecule has 0 aliphatic heterocycles. The molecule has 1 N–H and O–H groups in total. The molecular formula is C20H29N5. The first-order valence-corrected chi connectivity index (χ1v) is 9.01. The topological polar surface area (TPSA) is 45.5 Å². The van der Waals surface area contributed by atoms with E-state index in [1.807, 2.05) is 18.8 Å². The zero-order valence-corrected chi connectivity index (χ0v) is 15.9. The highest BCUT2D eigenvalue weighted by atomic mass is 15.3. The maximum Gasteiger partial charge on any atom is 0.193 e. The fourth-order valence-corrected chi connectivity index (χ4v) is 3.43. The molecule has 1 saturated carbocycles. The lowest BCUT2D eigenvalue weighted by atomic mass is 10.1. The molecule has 1 aromatic heterocycles. The van der Waals surface area contributed by atoms with Crippen molar-refractivity contribution in [1.82, 2.24) is 20.0 Å². The molecule has 3 rings (SSSR count). The van der Waals surface area contributed by atoms with Gasteiger partial charge in [0, 0.05) is 51.4 Å². The summed E-state index contributed by atoms with van der Waals surface area (Å²) in [7, 11) is 5.93. The summed E-state index contributed by atoms with van der Waals surface area (Å²) in [5.74, 6) is 1.96. The summed E-state index contributed by atoms with van der Waals surface area (Å²) in [5.41, 5.74) is 3.84. The van der Waals surface area contributed by atoms with Crippen molar-refractivity contribution in [2.45, 2.75) is 44.7 Å². The number of hydrogen-bond acceptors (Lipinski definition) is 2. The Morgan fingerprint density at radius 1 is 1.36 bits per heavy atom. The smallest absolute Gasteiger partial charge is 0.193 e. The van der Waals surface area contributed by atoms with Crippen LogP contribution in [0.15, 0.2) is 41.5 Å². The third-order valence-corrected chi connectivity index (χ3v) is 4.80. The van der Waals surface area contributed by atoms with Crippen LogP contribution < -0.4 is 5.32 Å². The molecule has 0 radical (unpaired) electrons. The highest BCUT2D eigenvalue weighted by Crippen LogP contribution is 2.40. The first-order valence-electron chi connectivity index (χ1n) is 9.01. The van der Waals surface area contributed by atoms with Crippen molar-refractivity contribution in [3.63, 3.8) is 0 Å². The van der Waals surface area contributed by atoms with Gasteiger partial charge in [0.05, 0.1) is 5.69 Å². The van der Waals surface area contributed by atoms with Crippen LogP contribution >= 0.6 is 0 Å². The first-order chi connectivity index (χ1) is 12.0. The molecule has 0 spiro atoms. The molecular weight excluding hydrogens is 310 g/mol. The van der Waals surface area contributed by atoms with Crippen molar-refractivity contribution in [2.75, 3.05) is 14.1 Å². The van der Waals surface area contributed by atoms with Crippen LogP contribution in [0, 0.1) is 0 Å². The van der Waals surface area contributed by atoms with Crippen molar-refractivity contribution in [3.8, 4) is 0 Å². The predicted molar refractivity (Wildman–Crippen MR) is 103 cm³/mol. The molecule has 0 amide bonds. The molecule has 0 saturated heterocycles. The van der Waals surface area contributed by atoms with Gasteiger partial charge in [0.15, 0.2) is 5.96 Å². The summed E-state index contributed by atoms with van der Waals surface area (Å²) in [6, 6.07) is 11.2. The second-order valence-electron chi connectivity index (χ2n) is 7.27. The molecule has 25 heavy (non-hydrogen) atoms. The van der Waals surface area contributed by atoms with E-state index in [1.54, 1.807) is 0 Å². The molecule has 2 unspecified atom stereocenters. The molecule has 1 heterocycles. The lowest BCUT2D eigenvalue weighted by Gasteiger charge is -2.22. The van der Waals surface area contributed by atoms with Gasteiger partial charge in [-0.25, -0.2) is 0 Å². The Labute approximate surface area is 150 Å². The van der Waals surface area contributed by atoms with Gasteiger partial charge in [0.1, 0.15) is 0 Å². The van der Waals surface area contributed by atoms with E-state index in [-0.39, 0.29) is 0 Å². The third kappa shape index (κ3) is 4.03. The number of rotatable bonds is 5. The van der Waals surface area contributed by atoms with Crippen LogP contribution in [0.25, 0.3) is 0 Å². The quantitative estimate of drug-likeness (QED) is 0.672. The van der Waals surface area contributed by atoms with Gasteiger partial charge in [-0.2, -0.15) is 5.10 Å². The fraction of sp³-hybridized carbons (Fsp3) is 0.500. The van der Waals surface area contributed by atoms with Gasteiger partial charge in [0.2, 0.25) is 0 Å². The molecule has 1 aliphatic rings. The maximum atomic E-state index is 4.60. The van der Waals surface area contributed by atoms with Crippen molar-refractivity contribution < 1.29 is 0 Å². The number of guanidine groups is 1. The van der Waals surface area contributed by atoms with Crippen molar-refractivity contribution in [3.05, 3.63) is 53.3 Å². The van der Waals surface area contributed by atoms with Gasteiger partial charge in [-0.1, -0.05) is 44.2 Å². The van der Waals surface area contributed by atoms with Gasteiger partial charge in [-0.15, -0.1) is 0 Å². The van der Waals surface area contributed by atoms with E-state index < -0.39 is 0 Å². The average Bonchev–Trinajstić information content (AvgIpc) is 3.27. The van der Waals surface area contributed by atoms with Crippen molar-refractivity contribution in [1.29, 1.82) is 0 Å². The van der Waals surface area contributed by atoms with Crippen LogP contribution in [0.1, 0.15) is 48.9 Å². The fourth-order valence-electron chi connectivity index (χ4n) is 3.43. The summed E-state index contributed by atoms with van der Waals surface area (Å²) >= 11 is 0. The van der Waals surface area contributed by atoms with E-state index in [4.69, 9.17) is 0 Å². The Bertz CT molecular complexity index is 732. The lowest BCUT2D eigenvalue weighted by Crippen LogP contribution is -2.40. The number of aliphatic imine (C=N–C) groups is 1. The number of hydrogen-bond donors (Lipinski definition) is 1. The highest BCUT2D eigenvalue weighted by molar-refractivity contribution is 5.80. The lowest BCUT2D eigenvalue weighted by molar-refractivity contribution is 0.472. The van der Waals surface area contributed by atoms with Crippen LogP contribution in [0.2, 0.25) is 0 Å². The van der Waals surface area contributed by atoms with Crippen molar-refractivity contribution >= 4 is 5.96 Å². The Morgan fingerprint density at radius 3 is 2.72 bits per heavy atom. The Balaban J connectivity index is 1.62.